The second-order valence-electron chi connectivity index (χ2n) is 6.05. The summed E-state index contributed by atoms with van der Waals surface area (Å²) >= 11 is 0.688. The molecule has 2 aromatic carbocycles. The number of nitro benzene ring substituents is 1. The zero-order valence-electron chi connectivity index (χ0n) is 15.5. The number of rotatable bonds is 6. The Labute approximate surface area is 174 Å². The number of thioether (sulfide) groups is 1. The predicted octanol–water partition coefficient (Wildman–Crippen LogP) is 2.98. The quantitative estimate of drug-likeness (QED) is 0.406. The number of phenolic OH excluding ortho intramolecular Hbond substituents is 1. The first-order chi connectivity index (χ1) is 14.3. The van der Waals surface area contributed by atoms with Gasteiger partial charge in [0, 0.05) is 17.8 Å². The number of hydrogen-bond donors (Lipinski definition) is 2. The molecule has 0 spiro atoms. The van der Waals surface area contributed by atoms with E-state index in [9.17, 15) is 29.6 Å². The van der Waals surface area contributed by atoms with Crippen LogP contribution in [0.1, 0.15) is 5.56 Å². The minimum absolute atomic E-state index is 0.0642. The van der Waals surface area contributed by atoms with Crippen LogP contribution in [-0.2, 0) is 9.59 Å². The van der Waals surface area contributed by atoms with Gasteiger partial charge in [0.25, 0.3) is 16.8 Å². The number of imide groups is 1. The van der Waals surface area contributed by atoms with Gasteiger partial charge in [-0.3, -0.25) is 29.4 Å². The van der Waals surface area contributed by atoms with Gasteiger partial charge in [-0.15, -0.1) is 0 Å². The van der Waals surface area contributed by atoms with Gasteiger partial charge < -0.3 is 15.2 Å². The Morgan fingerprint density at radius 3 is 2.60 bits per heavy atom. The van der Waals surface area contributed by atoms with Gasteiger partial charge in [-0.05, 0) is 47.7 Å². The SMILES string of the molecule is COc1cc(/C=C2\SC(=O)N(CC(=O)Nc3ccc([N+](=O)[O-])cc3)C2=O)ccc1O. The number of benzene rings is 2. The van der Waals surface area contributed by atoms with Crippen molar-refractivity contribution >= 4 is 46.3 Å². The van der Waals surface area contributed by atoms with Crippen LogP contribution < -0.4 is 10.1 Å². The summed E-state index contributed by atoms with van der Waals surface area (Å²) in [6.45, 7) is -0.502. The van der Waals surface area contributed by atoms with Crippen molar-refractivity contribution in [2.75, 3.05) is 19.0 Å². The lowest BCUT2D eigenvalue weighted by molar-refractivity contribution is -0.384. The molecule has 1 heterocycles. The predicted molar refractivity (Wildman–Crippen MR) is 109 cm³/mol. The number of nitro groups is 1. The smallest absolute Gasteiger partial charge is 0.294 e. The first-order valence-electron chi connectivity index (χ1n) is 8.45. The highest BCUT2D eigenvalue weighted by molar-refractivity contribution is 8.18. The first-order valence-corrected chi connectivity index (χ1v) is 9.27. The number of nitrogens with one attached hydrogen (secondary N) is 1. The number of amides is 3. The minimum Gasteiger partial charge on any atom is -0.504 e. The zero-order chi connectivity index (χ0) is 21.8. The maximum absolute atomic E-state index is 12.5. The van der Waals surface area contributed by atoms with Crippen LogP contribution in [0.25, 0.3) is 6.08 Å². The first kappa shape index (κ1) is 20.9. The molecule has 0 atom stereocenters. The number of phenols is 1. The van der Waals surface area contributed by atoms with Crippen molar-refractivity contribution in [2.45, 2.75) is 0 Å². The molecule has 1 aliphatic heterocycles. The van der Waals surface area contributed by atoms with Crippen LogP contribution in [0, 0.1) is 10.1 Å². The molecule has 11 heteroatoms. The van der Waals surface area contributed by atoms with E-state index in [1.54, 1.807) is 6.07 Å². The van der Waals surface area contributed by atoms with Crippen LogP contribution >= 0.6 is 11.8 Å². The summed E-state index contributed by atoms with van der Waals surface area (Å²) in [5.41, 5.74) is 0.699. The van der Waals surface area contributed by atoms with E-state index in [4.69, 9.17) is 4.74 Å². The second-order valence-corrected chi connectivity index (χ2v) is 7.04. The van der Waals surface area contributed by atoms with E-state index in [0.717, 1.165) is 4.90 Å². The van der Waals surface area contributed by atoms with Gasteiger partial charge in [0.05, 0.1) is 16.9 Å². The summed E-state index contributed by atoms with van der Waals surface area (Å²) < 4.78 is 5.01. The Kier molecular flexibility index (Phi) is 6.02. The molecule has 0 unspecified atom stereocenters. The number of hydrogen-bond acceptors (Lipinski definition) is 8. The van der Waals surface area contributed by atoms with Gasteiger partial charge in [-0.25, -0.2) is 0 Å². The second kappa shape index (κ2) is 8.66. The van der Waals surface area contributed by atoms with Crippen LogP contribution in [0.2, 0.25) is 0 Å². The standard InChI is InChI=1S/C19H15N3O7S/c1-29-15-8-11(2-7-14(15)23)9-16-18(25)21(19(26)30-16)10-17(24)20-12-3-5-13(6-4-12)22(27)28/h2-9,23H,10H2,1H3,(H,20,24)/b16-9-. The highest BCUT2D eigenvalue weighted by Gasteiger charge is 2.36. The van der Waals surface area contributed by atoms with Crippen molar-refractivity contribution < 1.29 is 29.2 Å². The Bertz CT molecular complexity index is 1070. The van der Waals surface area contributed by atoms with E-state index in [2.05, 4.69) is 5.32 Å². The number of non-ortho nitro benzene ring substituents is 1. The highest BCUT2D eigenvalue weighted by Crippen LogP contribution is 2.34. The molecular formula is C19H15N3O7S. The fourth-order valence-corrected chi connectivity index (χ4v) is 3.42. The fourth-order valence-electron chi connectivity index (χ4n) is 2.58. The lowest BCUT2D eigenvalue weighted by atomic mass is 10.2. The summed E-state index contributed by atoms with van der Waals surface area (Å²) in [6, 6.07) is 9.60. The third-order valence-corrected chi connectivity index (χ3v) is 4.95. The average molecular weight is 429 g/mol. The molecule has 1 fully saturated rings. The molecule has 3 rings (SSSR count). The normalized spacial score (nSPS) is 14.8. The van der Waals surface area contributed by atoms with Crippen LogP contribution in [0.15, 0.2) is 47.4 Å². The largest absolute Gasteiger partial charge is 0.504 e. The van der Waals surface area contributed by atoms with E-state index in [-0.39, 0.29) is 22.1 Å². The number of methoxy groups -OCH3 is 1. The van der Waals surface area contributed by atoms with E-state index in [1.807, 2.05) is 0 Å². The molecule has 0 radical (unpaired) electrons. The summed E-state index contributed by atoms with van der Waals surface area (Å²) in [5.74, 6) is -1.11. The van der Waals surface area contributed by atoms with Gasteiger partial charge >= 0.3 is 0 Å². The summed E-state index contributed by atoms with van der Waals surface area (Å²) in [4.78, 5) is 47.9. The Morgan fingerprint density at radius 2 is 1.97 bits per heavy atom. The molecule has 10 nitrogen and oxygen atoms in total. The van der Waals surface area contributed by atoms with Crippen LogP contribution in [0.5, 0.6) is 11.5 Å². The lowest BCUT2D eigenvalue weighted by Crippen LogP contribution is -2.36. The molecule has 30 heavy (non-hydrogen) atoms. The minimum atomic E-state index is -0.629. The third-order valence-electron chi connectivity index (χ3n) is 4.04. The third kappa shape index (κ3) is 4.58. The molecular weight excluding hydrogens is 414 g/mol. The summed E-state index contributed by atoms with van der Waals surface area (Å²) in [7, 11) is 1.39. The molecule has 0 bridgehead atoms. The number of nitrogens with zero attached hydrogens (tertiary/aromatic N) is 2. The average Bonchev–Trinajstić information content (AvgIpc) is 2.97. The molecule has 3 amide bonds. The highest BCUT2D eigenvalue weighted by atomic mass is 32.2. The number of ether oxygens (including phenoxy) is 1. The summed E-state index contributed by atoms with van der Waals surface area (Å²) in [6.07, 6.45) is 1.46. The molecule has 1 saturated heterocycles. The number of carbonyl (C=O) groups is 3. The number of anilines is 1. The monoisotopic (exact) mass is 429 g/mol. The topological polar surface area (TPSA) is 139 Å². The molecule has 154 valence electrons. The van der Waals surface area contributed by atoms with Crippen molar-refractivity contribution in [3.8, 4) is 11.5 Å². The van der Waals surface area contributed by atoms with Crippen molar-refractivity contribution in [3.63, 3.8) is 0 Å². The maximum Gasteiger partial charge on any atom is 0.294 e. The van der Waals surface area contributed by atoms with E-state index in [1.165, 1.54) is 49.6 Å². The van der Waals surface area contributed by atoms with E-state index < -0.39 is 28.5 Å². The van der Waals surface area contributed by atoms with Crippen molar-refractivity contribution in [3.05, 3.63) is 63.0 Å². The zero-order valence-corrected chi connectivity index (χ0v) is 16.3. The van der Waals surface area contributed by atoms with Crippen LogP contribution in [0.4, 0.5) is 16.2 Å². The summed E-state index contributed by atoms with van der Waals surface area (Å²) in [5, 5.41) is 22.2. The number of aromatic hydroxyl groups is 1. The molecule has 0 aromatic heterocycles. The molecule has 1 aliphatic rings. The van der Waals surface area contributed by atoms with Crippen molar-refractivity contribution in [1.82, 2.24) is 4.90 Å². The van der Waals surface area contributed by atoms with E-state index in [0.29, 0.717) is 23.0 Å². The van der Waals surface area contributed by atoms with Crippen LogP contribution in [-0.4, -0.2) is 45.6 Å². The Balaban J connectivity index is 1.68. The molecule has 0 saturated carbocycles. The Morgan fingerprint density at radius 1 is 1.27 bits per heavy atom. The lowest BCUT2D eigenvalue weighted by Gasteiger charge is -2.12. The van der Waals surface area contributed by atoms with Gasteiger partial charge in [-0.1, -0.05) is 6.07 Å². The molecule has 2 N–H and O–H groups in total. The van der Waals surface area contributed by atoms with Gasteiger partial charge in [0.2, 0.25) is 5.91 Å². The van der Waals surface area contributed by atoms with Crippen molar-refractivity contribution in [1.29, 1.82) is 0 Å². The van der Waals surface area contributed by atoms with Gasteiger partial charge in [0.1, 0.15) is 6.54 Å². The van der Waals surface area contributed by atoms with Gasteiger partial charge in [-0.2, -0.15) is 0 Å². The maximum atomic E-state index is 12.5. The fraction of sp³-hybridized carbons (Fsp3) is 0.105. The van der Waals surface area contributed by atoms with Crippen LogP contribution in [0.3, 0.4) is 0 Å². The number of carbonyl (C=O) groups excluding carboxylic acids is 3. The van der Waals surface area contributed by atoms with Gasteiger partial charge in [0.15, 0.2) is 11.5 Å². The Hall–Kier alpha value is -3.86. The molecule has 2 aromatic rings. The van der Waals surface area contributed by atoms with E-state index >= 15 is 0 Å². The van der Waals surface area contributed by atoms with Crippen molar-refractivity contribution in [2.24, 2.45) is 0 Å². The molecule has 0 aliphatic carbocycles.